The molecular weight excluding hydrogens is 389 g/mol. The monoisotopic (exact) mass is 408 g/mol. The highest BCUT2D eigenvalue weighted by Crippen LogP contribution is 2.39. The summed E-state index contributed by atoms with van der Waals surface area (Å²) in [4.78, 5) is 7.58. The van der Waals surface area contributed by atoms with Crippen molar-refractivity contribution in [2.24, 2.45) is 0 Å². The van der Waals surface area contributed by atoms with E-state index in [-0.39, 0.29) is 16.3 Å². The Hall–Kier alpha value is -3.18. The Morgan fingerprint density at radius 2 is 1.90 bits per heavy atom. The van der Waals surface area contributed by atoms with Gasteiger partial charge in [-0.15, -0.1) is 0 Å². The number of phenolic OH excluding ortho intramolecular Hbond substituents is 1. The van der Waals surface area contributed by atoms with Gasteiger partial charge in [0.25, 0.3) is 5.82 Å². The predicted molar refractivity (Wildman–Crippen MR) is 113 cm³/mol. The Bertz CT molecular complexity index is 1190. The molecule has 3 N–H and O–H groups in total. The number of aromatic hydroxyl groups is 1. The van der Waals surface area contributed by atoms with E-state index >= 15 is 0 Å². The molecule has 0 bridgehead atoms. The first-order valence-electron chi connectivity index (χ1n) is 9.22. The number of H-pyrrole nitrogens is 1. The van der Waals surface area contributed by atoms with Crippen molar-refractivity contribution in [1.82, 2.24) is 4.98 Å². The second kappa shape index (κ2) is 7.68. The molecule has 1 atom stereocenters. The van der Waals surface area contributed by atoms with Crippen LogP contribution in [0.5, 0.6) is 5.75 Å². The third-order valence-corrected chi connectivity index (χ3v) is 5.19. The number of fused-ring (bicyclic) bond motifs is 1. The average molecular weight is 409 g/mol. The summed E-state index contributed by atoms with van der Waals surface area (Å²) in [5.41, 5.74) is 3.02. The molecule has 2 aromatic carbocycles. The van der Waals surface area contributed by atoms with E-state index in [1.165, 1.54) is 6.07 Å². The number of nitrogens with zero attached hydrogens (tertiary/aromatic N) is 1. The summed E-state index contributed by atoms with van der Waals surface area (Å²) in [6.07, 6.45) is 1.79. The summed E-state index contributed by atoms with van der Waals surface area (Å²) in [7, 11) is 0. The molecule has 0 aliphatic heterocycles. The lowest BCUT2D eigenvalue weighted by Gasteiger charge is -2.19. The normalized spacial score (nSPS) is 12.1. The summed E-state index contributed by atoms with van der Waals surface area (Å²) in [6, 6.07) is 15.1. The lowest BCUT2D eigenvalue weighted by molar-refractivity contribution is -0.361. The molecule has 0 unspecified atom stereocenters. The van der Waals surface area contributed by atoms with Crippen molar-refractivity contribution in [3.63, 3.8) is 0 Å². The summed E-state index contributed by atoms with van der Waals surface area (Å²) < 4.78 is 14.8. The highest BCUT2D eigenvalue weighted by molar-refractivity contribution is 6.31. The number of rotatable bonds is 4. The molecule has 0 saturated carbocycles. The van der Waals surface area contributed by atoms with Crippen LogP contribution in [0.25, 0.3) is 10.9 Å². The molecule has 4 aromatic rings. The molecular formula is C23H20ClFN3O+. The number of aryl methyl sites for hydroxylation is 2. The minimum Gasteiger partial charge on any atom is -0.505 e. The molecule has 0 amide bonds. The van der Waals surface area contributed by atoms with Gasteiger partial charge in [-0.25, -0.2) is 14.4 Å². The van der Waals surface area contributed by atoms with E-state index in [1.807, 2.05) is 44.2 Å². The summed E-state index contributed by atoms with van der Waals surface area (Å²) >= 11 is 6.38. The standard InChI is InChI=1S/C23H19ClFN3O/c1-13-10-11-26-19(12-13)28-22(20-17(24)4-3-5-18(20)25)16-9-8-15-7-6-14(2)27-21(15)23(16)29/h3-12,22,29H,1-2H3,(H,26,28)/p+1/t22-/m0/s1. The van der Waals surface area contributed by atoms with Gasteiger partial charge in [0.2, 0.25) is 0 Å². The molecule has 4 nitrogen and oxygen atoms in total. The number of anilines is 1. The average Bonchev–Trinajstić information content (AvgIpc) is 2.68. The number of hydrogen-bond acceptors (Lipinski definition) is 3. The molecule has 0 radical (unpaired) electrons. The van der Waals surface area contributed by atoms with Crippen LogP contribution >= 0.6 is 11.6 Å². The van der Waals surface area contributed by atoms with Gasteiger partial charge < -0.3 is 5.11 Å². The van der Waals surface area contributed by atoms with E-state index in [1.54, 1.807) is 24.4 Å². The minimum absolute atomic E-state index is 0.00401. The molecule has 4 rings (SSSR count). The van der Waals surface area contributed by atoms with Gasteiger partial charge in [0.05, 0.1) is 16.8 Å². The SMILES string of the molecule is Cc1cc[nH+]c(N[C@@H](c2ccc3ccc(C)nc3c2O)c2c(F)cccc2Cl)c1. The maximum Gasteiger partial charge on any atom is 0.273 e. The van der Waals surface area contributed by atoms with Crippen molar-refractivity contribution >= 4 is 28.3 Å². The number of phenols is 1. The molecule has 2 aromatic heterocycles. The highest BCUT2D eigenvalue weighted by atomic mass is 35.5. The fraction of sp³-hybridized carbons (Fsp3) is 0.130. The van der Waals surface area contributed by atoms with E-state index in [4.69, 9.17) is 11.6 Å². The second-order valence-corrected chi connectivity index (χ2v) is 7.43. The zero-order valence-electron chi connectivity index (χ0n) is 16.0. The number of pyridine rings is 2. The Morgan fingerprint density at radius 1 is 1.10 bits per heavy atom. The van der Waals surface area contributed by atoms with Crippen molar-refractivity contribution in [1.29, 1.82) is 0 Å². The lowest BCUT2D eigenvalue weighted by atomic mass is 9.95. The first-order chi connectivity index (χ1) is 13.9. The molecule has 146 valence electrons. The van der Waals surface area contributed by atoms with Gasteiger partial charge >= 0.3 is 0 Å². The minimum atomic E-state index is -0.728. The Labute approximate surface area is 173 Å². The molecule has 0 fully saturated rings. The third kappa shape index (κ3) is 3.74. The van der Waals surface area contributed by atoms with Crippen molar-refractivity contribution in [3.8, 4) is 5.75 Å². The Kier molecular flexibility index (Phi) is 5.07. The smallest absolute Gasteiger partial charge is 0.273 e. The van der Waals surface area contributed by atoms with Crippen LogP contribution < -0.4 is 10.3 Å². The quantitative estimate of drug-likeness (QED) is 0.477. The van der Waals surface area contributed by atoms with Gasteiger partial charge in [0, 0.05) is 22.7 Å². The van der Waals surface area contributed by atoms with Crippen molar-refractivity contribution < 1.29 is 14.5 Å². The van der Waals surface area contributed by atoms with Crippen molar-refractivity contribution in [2.45, 2.75) is 19.9 Å². The van der Waals surface area contributed by atoms with Gasteiger partial charge in [0.1, 0.15) is 17.1 Å². The zero-order chi connectivity index (χ0) is 20.5. The van der Waals surface area contributed by atoms with Crippen LogP contribution in [0.3, 0.4) is 0 Å². The van der Waals surface area contributed by atoms with Gasteiger partial charge in [-0.05, 0) is 49.7 Å². The summed E-state index contributed by atoms with van der Waals surface area (Å²) in [5, 5.41) is 15.4. The van der Waals surface area contributed by atoms with E-state index < -0.39 is 11.9 Å². The van der Waals surface area contributed by atoms with Crippen LogP contribution in [0.4, 0.5) is 10.2 Å². The first kappa shape index (κ1) is 19.2. The summed E-state index contributed by atoms with van der Waals surface area (Å²) in [6.45, 7) is 3.82. The first-order valence-corrected chi connectivity index (χ1v) is 9.60. The molecule has 0 saturated heterocycles. The van der Waals surface area contributed by atoms with Crippen LogP contribution in [-0.2, 0) is 0 Å². The summed E-state index contributed by atoms with van der Waals surface area (Å²) in [5.74, 6) is 0.209. The molecule has 0 spiro atoms. The molecule has 6 heteroatoms. The van der Waals surface area contributed by atoms with Gasteiger partial charge in [0.15, 0.2) is 6.04 Å². The molecule has 0 aliphatic rings. The Morgan fingerprint density at radius 3 is 2.66 bits per heavy atom. The second-order valence-electron chi connectivity index (χ2n) is 7.02. The molecule has 0 aliphatic carbocycles. The van der Waals surface area contributed by atoms with E-state index in [2.05, 4.69) is 15.3 Å². The topological polar surface area (TPSA) is 59.3 Å². The van der Waals surface area contributed by atoms with E-state index in [0.717, 1.165) is 16.6 Å². The van der Waals surface area contributed by atoms with E-state index in [9.17, 15) is 9.50 Å². The largest absolute Gasteiger partial charge is 0.505 e. The van der Waals surface area contributed by atoms with Crippen LogP contribution in [0.1, 0.15) is 28.4 Å². The lowest BCUT2D eigenvalue weighted by Crippen LogP contribution is -2.20. The predicted octanol–water partition coefficient (Wildman–Crippen LogP) is 5.37. The third-order valence-electron chi connectivity index (χ3n) is 4.86. The van der Waals surface area contributed by atoms with Crippen molar-refractivity contribution in [2.75, 3.05) is 5.32 Å². The fourth-order valence-electron chi connectivity index (χ4n) is 3.43. The number of hydrogen-bond donors (Lipinski definition) is 2. The van der Waals surface area contributed by atoms with Gasteiger partial charge in [-0.1, -0.05) is 29.8 Å². The Balaban J connectivity index is 1.93. The fourth-order valence-corrected chi connectivity index (χ4v) is 3.70. The maximum atomic E-state index is 14.8. The van der Waals surface area contributed by atoms with Crippen molar-refractivity contribution in [3.05, 3.63) is 94.0 Å². The maximum absolute atomic E-state index is 14.8. The number of aromatic amines is 1. The van der Waals surface area contributed by atoms with E-state index in [0.29, 0.717) is 16.9 Å². The number of benzene rings is 2. The van der Waals surface area contributed by atoms with Gasteiger partial charge in [-0.2, -0.15) is 0 Å². The molecule has 29 heavy (non-hydrogen) atoms. The number of aromatic nitrogens is 2. The van der Waals surface area contributed by atoms with Gasteiger partial charge in [-0.3, -0.25) is 5.32 Å². The van der Waals surface area contributed by atoms with Crippen LogP contribution in [0.15, 0.2) is 60.8 Å². The van der Waals surface area contributed by atoms with Crippen LogP contribution in [-0.4, -0.2) is 10.1 Å². The van der Waals surface area contributed by atoms with Crippen LogP contribution in [0, 0.1) is 19.7 Å². The zero-order valence-corrected chi connectivity index (χ0v) is 16.8. The highest BCUT2D eigenvalue weighted by Gasteiger charge is 2.29. The van der Waals surface area contributed by atoms with Crippen LogP contribution in [0.2, 0.25) is 5.02 Å². The number of halogens is 2. The molecule has 2 heterocycles. The number of nitrogens with one attached hydrogen (secondary N) is 2.